The fourth-order valence-corrected chi connectivity index (χ4v) is 3.05. The molecule has 0 N–H and O–H groups in total. The van der Waals surface area contributed by atoms with Gasteiger partial charge < -0.3 is 9.26 Å². The number of fused-ring (bicyclic) bond motifs is 1. The minimum absolute atomic E-state index is 0.0255. The molecule has 0 saturated carbocycles. The van der Waals surface area contributed by atoms with E-state index in [4.69, 9.17) is 9.26 Å². The van der Waals surface area contributed by atoms with Crippen molar-refractivity contribution in [3.8, 4) is 0 Å². The van der Waals surface area contributed by atoms with Gasteiger partial charge in [-0.25, -0.2) is 0 Å². The Morgan fingerprint density at radius 2 is 2.14 bits per heavy atom. The SMILES string of the molecule is COC(C)(C)c1noc(CCn2sc3ccccc3c2=O)n1. The monoisotopic (exact) mass is 319 g/mol. The summed E-state index contributed by atoms with van der Waals surface area (Å²) in [7, 11) is 1.60. The first kappa shape index (κ1) is 14.9. The third-order valence-corrected chi connectivity index (χ3v) is 4.72. The van der Waals surface area contributed by atoms with Crippen molar-refractivity contribution in [3.63, 3.8) is 0 Å². The minimum atomic E-state index is -0.587. The van der Waals surface area contributed by atoms with Gasteiger partial charge in [0, 0.05) is 20.1 Å². The Morgan fingerprint density at radius 3 is 2.86 bits per heavy atom. The van der Waals surface area contributed by atoms with Gasteiger partial charge in [0.25, 0.3) is 5.56 Å². The van der Waals surface area contributed by atoms with E-state index in [1.54, 1.807) is 11.1 Å². The molecular formula is C15H17N3O3S. The minimum Gasteiger partial charge on any atom is -0.371 e. The van der Waals surface area contributed by atoms with Crippen LogP contribution in [0.2, 0.25) is 0 Å². The van der Waals surface area contributed by atoms with Crippen LogP contribution < -0.4 is 5.56 Å². The van der Waals surface area contributed by atoms with E-state index in [0.29, 0.717) is 24.7 Å². The molecule has 0 amide bonds. The Morgan fingerprint density at radius 1 is 1.36 bits per heavy atom. The Kier molecular flexibility index (Phi) is 3.84. The van der Waals surface area contributed by atoms with Crippen LogP contribution in [0.5, 0.6) is 0 Å². The molecular weight excluding hydrogens is 302 g/mol. The second kappa shape index (κ2) is 5.66. The lowest BCUT2D eigenvalue weighted by atomic mass is 10.1. The maximum atomic E-state index is 12.2. The standard InChI is InChI=1S/C15H17N3O3S/c1-15(2,20-3)14-16-12(21-17-14)8-9-18-13(19)10-6-4-5-7-11(10)22-18/h4-7H,8-9H2,1-3H3. The number of methoxy groups -OCH3 is 1. The van der Waals surface area contributed by atoms with E-state index in [0.717, 1.165) is 10.1 Å². The van der Waals surface area contributed by atoms with E-state index in [9.17, 15) is 4.79 Å². The van der Waals surface area contributed by atoms with Gasteiger partial charge >= 0.3 is 0 Å². The van der Waals surface area contributed by atoms with Gasteiger partial charge in [-0.15, -0.1) is 0 Å². The Labute approximate surface area is 131 Å². The zero-order chi connectivity index (χ0) is 15.7. The molecule has 2 heterocycles. The molecule has 3 aromatic rings. The highest BCUT2D eigenvalue weighted by Crippen LogP contribution is 2.21. The smallest absolute Gasteiger partial charge is 0.268 e. The topological polar surface area (TPSA) is 70.2 Å². The van der Waals surface area contributed by atoms with Crippen molar-refractivity contribution in [2.45, 2.75) is 32.4 Å². The van der Waals surface area contributed by atoms with Gasteiger partial charge in [0.05, 0.1) is 10.1 Å². The van der Waals surface area contributed by atoms with Crippen molar-refractivity contribution >= 4 is 21.6 Å². The van der Waals surface area contributed by atoms with Crippen molar-refractivity contribution in [2.24, 2.45) is 0 Å². The van der Waals surface area contributed by atoms with Crippen LogP contribution in [0, 0.1) is 0 Å². The van der Waals surface area contributed by atoms with Crippen LogP contribution in [0.3, 0.4) is 0 Å². The predicted molar refractivity (Wildman–Crippen MR) is 84.1 cm³/mol. The molecule has 7 heteroatoms. The summed E-state index contributed by atoms with van der Waals surface area (Å²) in [4.78, 5) is 16.6. The molecule has 0 aliphatic carbocycles. The van der Waals surface area contributed by atoms with Gasteiger partial charge in [0.1, 0.15) is 5.60 Å². The number of aromatic nitrogens is 3. The molecule has 0 fully saturated rings. The molecule has 0 aliphatic rings. The normalized spacial score (nSPS) is 12.1. The van der Waals surface area contributed by atoms with Gasteiger partial charge in [0.15, 0.2) is 0 Å². The molecule has 6 nitrogen and oxygen atoms in total. The Balaban J connectivity index is 1.77. The average Bonchev–Trinajstić information content (AvgIpc) is 3.11. The number of hydrogen-bond acceptors (Lipinski definition) is 6. The van der Waals surface area contributed by atoms with E-state index in [1.165, 1.54) is 11.5 Å². The first-order chi connectivity index (χ1) is 10.5. The summed E-state index contributed by atoms with van der Waals surface area (Å²) in [5.41, 5.74) is -0.562. The van der Waals surface area contributed by atoms with Crippen LogP contribution in [0.25, 0.3) is 10.1 Å². The number of hydrogen-bond donors (Lipinski definition) is 0. The predicted octanol–water partition coefficient (Wildman–Crippen LogP) is 2.57. The highest BCUT2D eigenvalue weighted by atomic mass is 32.1. The van der Waals surface area contributed by atoms with Crippen molar-refractivity contribution in [2.75, 3.05) is 7.11 Å². The highest BCUT2D eigenvalue weighted by Gasteiger charge is 2.26. The van der Waals surface area contributed by atoms with Gasteiger partial charge in [0.2, 0.25) is 11.7 Å². The molecule has 1 aromatic carbocycles. The summed E-state index contributed by atoms with van der Waals surface area (Å²) in [6.45, 7) is 4.27. The van der Waals surface area contributed by atoms with Crippen molar-refractivity contribution in [1.82, 2.24) is 14.1 Å². The zero-order valence-corrected chi connectivity index (χ0v) is 13.5. The quantitative estimate of drug-likeness (QED) is 0.723. The van der Waals surface area contributed by atoms with Gasteiger partial charge in [-0.3, -0.25) is 8.75 Å². The lowest BCUT2D eigenvalue weighted by Gasteiger charge is -2.17. The first-order valence-corrected chi connectivity index (χ1v) is 7.75. The zero-order valence-electron chi connectivity index (χ0n) is 12.7. The molecule has 0 unspecified atom stereocenters. The third kappa shape index (κ3) is 2.69. The fourth-order valence-electron chi connectivity index (χ4n) is 2.05. The van der Waals surface area contributed by atoms with Crippen LogP contribution in [-0.4, -0.2) is 21.2 Å². The van der Waals surface area contributed by atoms with Crippen molar-refractivity contribution in [1.29, 1.82) is 0 Å². The molecule has 0 atom stereocenters. The first-order valence-electron chi connectivity index (χ1n) is 6.98. The van der Waals surface area contributed by atoms with Crippen LogP contribution in [0.15, 0.2) is 33.6 Å². The number of rotatable bonds is 5. The number of ether oxygens (including phenoxy) is 1. The molecule has 0 saturated heterocycles. The second-order valence-electron chi connectivity index (χ2n) is 5.47. The fraction of sp³-hybridized carbons (Fsp3) is 0.400. The molecule has 0 aliphatic heterocycles. The summed E-state index contributed by atoms with van der Waals surface area (Å²) in [6, 6.07) is 7.60. The molecule has 3 rings (SSSR count). The Hall–Kier alpha value is -1.99. The number of nitrogens with zero attached hydrogens (tertiary/aromatic N) is 3. The van der Waals surface area contributed by atoms with E-state index >= 15 is 0 Å². The average molecular weight is 319 g/mol. The molecule has 0 bridgehead atoms. The molecule has 116 valence electrons. The van der Waals surface area contributed by atoms with Gasteiger partial charge in [-0.05, 0) is 26.0 Å². The number of benzene rings is 1. The van der Waals surface area contributed by atoms with E-state index in [1.807, 2.05) is 38.1 Å². The number of aryl methyl sites for hydroxylation is 2. The maximum Gasteiger partial charge on any atom is 0.268 e. The summed E-state index contributed by atoms with van der Waals surface area (Å²) < 4.78 is 13.3. The lowest BCUT2D eigenvalue weighted by Crippen LogP contribution is -2.21. The Bertz CT molecular complexity index is 847. The van der Waals surface area contributed by atoms with Crippen molar-refractivity contribution < 1.29 is 9.26 Å². The second-order valence-corrected chi connectivity index (χ2v) is 6.53. The van der Waals surface area contributed by atoms with Gasteiger partial charge in [-0.1, -0.05) is 28.8 Å². The largest absolute Gasteiger partial charge is 0.371 e. The maximum absolute atomic E-state index is 12.2. The van der Waals surface area contributed by atoms with Crippen LogP contribution in [0.1, 0.15) is 25.6 Å². The summed E-state index contributed by atoms with van der Waals surface area (Å²) >= 11 is 1.45. The summed E-state index contributed by atoms with van der Waals surface area (Å²) in [6.07, 6.45) is 0.513. The van der Waals surface area contributed by atoms with Gasteiger partial charge in [-0.2, -0.15) is 4.98 Å². The van der Waals surface area contributed by atoms with Crippen LogP contribution in [0.4, 0.5) is 0 Å². The molecule has 0 spiro atoms. The molecule has 0 radical (unpaired) electrons. The van der Waals surface area contributed by atoms with E-state index < -0.39 is 5.60 Å². The van der Waals surface area contributed by atoms with E-state index in [2.05, 4.69) is 10.1 Å². The van der Waals surface area contributed by atoms with Crippen LogP contribution >= 0.6 is 11.5 Å². The van der Waals surface area contributed by atoms with E-state index in [-0.39, 0.29) is 5.56 Å². The van der Waals surface area contributed by atoms with Crippen LogP contribution in [-0.2, 0) is 23.3 Å². The summed E-state index contributed by atoms with van der Waals surface area (Å²) in [5.74, 6) is 1.01. The van der Waals surface area contributed by atoms with Crippen molar-refractivity contribution in [3.05, 3.63) is 46.3 Å². The highest BCUT2D eigenvalue weighted by molar-refractivity contribution is 7.13. The lowest BCUT2D eigenvalue weighted by molar-refractivity contribution is 0.00973. The molecule has 2 aromatic heterocycles. The summed E-state index contributed by atoms with van der Waals surface area (Å²) in [5, 5.41) is 4.69. The molecule has 22 heavy (non-hydrogen) atoms. The third-order valence-electron chi connectivity index (χ3n) is 3.60.